The summed E-state index contributed by atoms with van der Waals surface area (Å²) in [6.07, 6.45) is -5.57. The van der Waals surface area contributed by atoms with Crippen LogP contribution in [0.1, 0.15) is 11.3 Å². The summed E-state index contributed by atoms with van der Waals surface area (Å²) < 4.78 is 60.5. The van der Waals surface area contributed by atoms with E-state index in [0.717, 1.165) is 11.3 Å². The van der Waals surface area contributed by atoms with Crippen molar-refractivity contribution in [2.45, 2.75) is 23.4 Å². The maximum absolute atomic E-state index is 11.8. The molecular formula is C8H11F3N2O2S2. The van der Waals surface area contributed by atoms with E-state index in [1.807, 2.05) is 4.72 Å². The third-order valence-electron chi connectivity index (χ3n) is 1.80. The average molecular weight is 288 g/mol. The van der Waals surface area contributed by atoms with Crippen LogP contribution >= 0.6 is 11.3 Å². The number of rotatable bonds is 5. The van der Waals surface area contributed by atoms with E-state index in [1.165, 1.54) is 12.1 Å². The number of nitrogens with one attached hydrogen (secondary N) is 1. The number of thiophene rings is 1. The van der Waals surface area contributed by atoms with Crippen LogP contribution in [0.15, 0.2) is 16.3 Å². The average Bonchev–Trinajstić information content (AvgIpc) is 2.63. The van der Waals surface area contributed by atoms with Gasteiger partial charge < -0.3 is 5.73 Å². The zero-order valence-corrected chi connectivity index (χ0v) is 10.3. The lowest BCUT2D eigenvalue weighted by molar-refractivity contribution is -0.132. The first-order chi connectivity index (χ1) is 7.74. The van der Waals surface area contributed by atoms with Gasteiger partial charge >= 0.3 is 6.18 Å². The minimum Gasteiger partial charge on any atom is -0.326 e. The molecule has 0 aromatic carbocycles. The van der Waals surface area contributed by atoms with Crippen LogP contribution in [0, 0.1) is 0 Å². The first-order valence-corrected chi connectivity index (χ1v) is 6.90. The minimum absolute atomic E-state index is 0.0277. The van der Waals surface area contributed by atoms with Crippen LogP contribution in [0.2, 0.25) is 0 Å². The zero-order valence-electron chi connectivity index (χ0n) is 8.62. The van der Waals surface area contributed by atoms with Gasteiger partial charge in [0.25, 0.3) is 0 Å². The van der Waals surface area contributed by atoms with Crippen molar-refractivity contribution in [1.82, 2.24) is 4.72 Å². The van der Waals surface area contributed by atoms with Crippen LogP contribution in [-0.2, 0) is 16.6 Å². The normalized spacial score (nSPS) is 12.9. The van der Waals surface area contributed by atoms with Gasteiger partial charge in [0, 0.05) is 18.0 Å². The van der Waals surface area contributed by atoms with E-state index < -0.39 is 29.2 Å². The molecule has 0 saturated carbocycles. The van der Waals surface area contributed by atoms with Crippen molar-refractivity contribution in [3.63, 3.8) is 0 Å². The highest BCUT2D eigenvalue weighted by molar-refractivity contribution is 7.91. The first-order valence-electron chi connectivity index (χ1n) is 4.60. The largest absolute Gasteiger partial charge is 0.390 e. The van der Waals surface area contributed by atoms with Crippen molar-refractivity contribution in [1.29, 1.82) is 0 Å². The van der Waals surface area contributed by atoms with Crippen molar-refractivity contribution in [3.05, 3.63) is 17.0 Å². The molecule has 0 aliphatic heterocycles. The number of hydrogen-bond donors (Lipinski definition) is 2. The minimum atomic E-state index is -4.37. The van der Waals surface area contributed by atoms with Gasteiger partial charge in [0.05, 0.1) is 6.42 Å². The number of nitrogens with two attached hydrogens (primary N) is 1. The van der Waals surface area contributed by atoms with Gasteiger partial charge in [-0.15, -0.1) is 11.3 Å². The van der Waals surface area contributed by atoms with Crippen LogP contribution < -0.4 is 10.5 Å². The van der Waals surface area contributed by atoms with E-state index in [0.29, 0.717) is 4.88 Å². The second-order valence-electron chi connectivity index (χ2n) is 3.19. The summed E-state index contributed by atoms with van der Waals surface area (Å²) in [5, 5.41) is 0. The predicted octanol–water partition coefficient (Wildman–Crippen LogP) is 1.44. The van der Waals surface area contributed by atoms with Gasteiger partial charge in [-0.2, -0.15) is 13.2 Å². The van der Waals surface area contributed by atoms with Gasteiger partial charge in [0.15, 0.2) is 0 Å². The van der Waals surface area contributed by atoms with E-state index in [4.69, 9.17) is 5.73 Å². The van der Waals surface area contributed by atoms with Crippen molar-refractivity contribution < 1.29 is 21.6 Å². The molecule has 0 fully saturated rings. The second-order valence-corrected chi connectivity index (χ2v) is 6.35. The Kier molecular flexibility index (Phi) is 4.53. The molecule has 1 aromatic heterocycles. The van der Waals surface area contributed by atoms with Crippen LogP contribution in [0.25, 0.3) is 0 Å². The van der Waals surface area contributed by atoms with Crippen LogP contribution in [-0.4, -0.2) is 21.1 Å². The van der Waals surface area contributed by atoms with Gasteiger partial charge in [0.1, 0.15) is 4.21 Å². The molecule has 0 bridgehead atoms. The molecule has 9 heteroatoms. The molecule has 3 N–H and O–H groups in total. The summed E-state index contributed by atoms with van der Waals surface area (Å²) >= 11 is 0.941. The zero-order chi connectivity index (χ0) is 13.1. The summed E-state index contributed by atoms with van der Waals surface area (Å²) in [5.41, 5.74) is 5.31. The fraction of sp³-hybridized carbons (Fsp3) is 0.500. The molecule has 0 aliphatic rings. The SMILES string of the molecule is NCc1ccc(S(=O)(=O)NCCC(F)(F)F)s1. The van der Waals surface area contributed by atoms with E-state index in [2.05, 4.69) is 0 Å². The Morgan fingerprint density at radius 1 is 1.35 bits per heavy atom. The summed E-state index contributed by atoms with van der Waals surface area (Å²) in [7, 11) is -3.86. The standard InChI is InChI=1S/C8H11F3N2O2S2/c9-8(10,11)3-4-13-17(14,15)7-2-1-6(5-12)16-7/h1-2,13H,3-5,12H2. The Labute approximate surface area is 101 Å². The monoisotopic (exact) mass is 288 g/mol. The molecule has 1 rings (SSSR count). The summed E-state index contributed by atoms with van der Waals surface area (Å²) in [4.78, 5) is 0.654. The maximum Gasteiger partial charge on any atom is 0.390 e. The maximum atomic E-state index is 11.8. The van der Waals surface area contributed by atoms with Crippen molar-refractivity contribution in [3.8, 4) is 0 Å². The highest BCUT2D eigenvalue weighted by Crippen LogP contribution is 2.22. The van der Waals surface area contributed by atoms with Crippen molar-refractivity contribution >= 4 is 21.4 Å². The van der Waals surface area contributed by atoms with Crippen molar-refractivity contribution in [2.75, 3.05) is 6.54 Å². The second kappa shape index (κ2) is 5.34. The number of sulfonamides is 1. The van der Waals surface area contributed by atoms with Gasteiger partial charge in [-0.05, 0) is 12.1 Å². The lowest BCUT2D eigenvalue weighted by Crippen LogP contribution is -2.27. The van der Waals surface area contributed by atoms with Crippen LogP contribution in [0.3, 0.4) is 0 Å². The summed E-state index contributed by atoms with van der Waals surface area (Å²) in [6.45, 7) is -0.468. The molecule has 0 aliphatic carbocycles. The van der Waals surface area contributed by atoms with E-state index in [1.54, 1.807) is 0 Å². The fourth-order valence-corrected chi connectivity index (χ4v) is 3.32. The van der Waals surface area contributed by atoms with Crippen molar-refractivity contribution in [2.24, 2.45) is 5.73 Å². The lowest BCUT2D eigenvalue weighted by atomic mass is 10.4. The number of alkyl halides is 3. The first kappa shape index (κ1) is 14.4. The molecule has 0 atom stereocenters. The Balaban J connectivity index is 2.63. The Morgan fingerprint density at radius 3 is 2.47 bits per heavy atom. The molecular weight excluding hydrogens is 277 g/mol. The smallest absolute Gasteiger partial charge is 0.326 e. The van der Waals surface area contributed by atoms with E-state index >= 15 is 0 Å². The quantitative estimate of drug-likeness (QED) is 0.861. The van der Waals surface area contributed by atoms with Gasteiger partial charge in [-0.25, -0.2) is 13.1 Å². The van der Waals surface area contributed by atoms with E-state index in [-0.39, 0.29) is 10.8 Å². The number of hydrogen-bond acceptors (Lipinski definition) is 4. The Hall–Kier alpha value is -0.640. The number of halogens is 3. The van der Waals surface area contributed by atoms with Crippen LogP contribution in [0.5, 0.6) is 0 Å². The molecule has 4 nitrogen and oxygen atoms in total. The molecule has 0 saturated heterocycles. The molecule has 0 amide bonds. The Morgan fingerprint density at radius 2 is 2.00 bits per heavy atom. The molecule has 17 heavy (non-hydrogen) atoms. The molecule has 98 valence electrons. The van der Waals surface area contributed by atoms with Gasteiger partial charge in [-0.1, -0.05) is 0 Å². The van der Waals surface area contributed by atoms with Gasteiger partial charge in [0.2, 0.25) is 10.0 Å². The van der Waals surface area contributed by atoms with E-state index in [9.17, 15) is 21.6 Å². The molecule has 1 aromatic rings. The Bertz CT molecular complexity index is 467. The molecule has 0 radical (unpaired) electrons. The summed E-state index contributed by atoms with van der Waals surface area (Å²) in [5.74, 6) is 0. The topological polar surface area (TPSA) is 72.2 Å². The highest BCUT2D eigenvalue weighted by Gasteiger charge is 2.27. The van der Waals surface area contributed by atoms with Crippen LogP contribution in [0.4, 0.5) is 13.2 Å². The lowest BCUT2D eigenvalue weighted by Gasteiger charge is -2.07. The third-order valence-corrected chi connectivity index (χ3v) is 4.86. The van der Waals surface area contributed by atoms with Gasteiger partial charge in [-0.3, -0.25) is 0 Å². The highest BCUT2D eigenvalue weighted by atomic mass is 32.2. The third kappa shape index (κ3) is 4.62. The summed E-state index contributed by atoms with van der Waals surface area (Å²) in [6, 6.07) is 2.85. The molecule has 1 heterocycles. The molecule has 0 spiro atoms. The predicted molar refractivity (Wildman–Crippen MR) is 58.1 cm³/mol. The molecule has 0 unspecified atom stereocenters. The fourth-order valence-electron chi connectivity index (χ4n) is 1.01.